The summed E-state index contributed by atoms with van der Waals surface area (Å²) >= 11 is 1.77. The summed E-state index contributed by atoms with van der Waals surface area (Å²) in [5.74, 6) is 1.66. The third-order valence-electron chi connectivity index (χ3n) is 4.65. The SMILES string of the molecule is CC1CCc2c(C(=O)NCCC3CCNC3)csc2C1.Cl. The highest BCUT2D eigenvalue weighted by atomic mass is 35.5. The molecule has 0 spiro atoms. The van der Waals surface area contributed by atoms with Crippen LogP contribution in [0.4, 0.5) is 0 Å². The van der Waals surface area contributed by atoms with Crippen molar-refractivity contribution in [3.05, 3.63) is 21.4 Å². The average Bonchev–Trinajstić information content (AvgIpc) is 3.07. The Kier molecular flexibility index (Phi) is 6.08. The van der Waals surface area contributed by atoms with Crippen LogP contribution in [0.3, 0.4) is 0 Å². The summed E-state index contributed by atoms with van der Waals surface area (Å²) in [7, 11) is 0. The predicted octanol–water partition coefficient (Wildman–Crippen LogP) is 3.02. The average molecular weight is 329 g/mol. The van der Waals surface area contributed by atoms with Gasteiger partial charge in [-0.05, 0) is 62.6 Å². The number of rotatable bonds is 4. The predicted molar refractivity (Wildman–Crippen MR) is 90.7 cm³/mol. The fourth-order valence-electron chi connectivity index (χ4n) is 3.31. The number of carbonyl (C=O) groups is 1. The quantitative estimate of drug-likeness (QED) is 0.892. The van der Waals surface area contributed by atoms with E-state index in [9.17, 15) is 4.79 Å². The molecular weight excluding hydrogens is 304 g/mol. The standard InChI is InChI=1S/C16H24N2OS.ClH/c1-11-2-3-13-14(10-20-15(13)8-11)16(19)18-7-5-12-4-6-17-9-12;/h10-12,17H,2-9H2,1H3,(H,18,19);1H. The first-order valence-corrected chi connectivity index (χ1v) is 8.70. The molecule has 1 amide bonds. The summed E-state index contributed by atoms with van der Waals surface area (Å²) < 4.78 is 0. The number of fused-ring (bicyclic) bond motifs is 1. The highest BCUT2D eigenvalue weighted by molar-refractivity contribution is 7.10. The van der Waals surface area contributed by atoms with Crippen molar-refractivity contribution < 1.29 is 4.79 Å². The second-order valence-corrected chi connectivity index (χ2v) is 7.27. The van der Waals surface area contributed by atoms with Crippen molar-refractivity contribution in [3.63, 3.8) is 0 Å². The van der Waals surface area contributed by atoms with Crippen molar-refractivity contribution in [2.45, 2.75) is 39.0 Å². The molecule has 2 N–H and O–H groups in total. The molecule has 3 rings (SSSR count). The van der Waals surface area contributed by atoms with E-state index < -0.39 is 0 Å². The molecule has 0 bridgehead atoms. The third kappa shape index (κ3) is 3.99. The summed E-state index contributed by atoms with van der Waals surface area (Å²) in [6, 6.07) is 0. The van der Waals surface area contributed by atoms with E-state index >= 15 is 0 Å². The van der Waals surface area contributed by atoms with Gasteiger partial charge in [0.15, 0.2) is 0 Å². The van der Waals surface area contributed by atoms with Gasteiger partial charge in [-0.1, -0.05) is 6.92 Å². The number of thiophene rings is 1. The van der Waals surface area contributed by atoms with E-state index in [2.05, 4.69) is 22.9 Å². The second kappa shape index (κ2) is 7.61. The van der Waals surface area contributed by atoms with Gasteiger partial charge in [-0.3, -0.25) is 4.79 Å². The number of carbonyl (C=O) groups excluding carboxylic acids is 1. The van der Waals surface area contributed by atoms with Gasteiger partial charge >= 0.3 is 0 Å². The Bertz CT molecular complexity index is 483. The van der Waals surface area contributed by atoms with Gasteiger partial charge in [0.2, 0.25) is 0 Å². The monoisotopic (exact) mass is 328 g/mol. The molecule has 0 saturated carbocycles. The maximum Gasteiger partial charge on any atom is 0.252 e. The Hall–Kier alpha value is -0.580. The van der Waals surface area contributed by atoms with E-state index in [1.807, 2.05) is 0 Å². The summed E-state index contributed by atoms with van der Waals surface area (Å²) in [5, 5.41) is 8.55. The lowest BCUT2D eigenvalue weighted by Gasteiger charge is -2.19. The van der Waals surface area contributed by atoms with Crippen LogP contribution in [-0.2, 0) is 12.8 Å². The molecule has 0 radical (unpaired) electrons. The van der Waals surface area contributed by atoms with Crippen LogP contribution < -0.4 is 10.6 Å². The topological polar surface area (TPSA) is 41.1 Å². The van der Waals surface area contributed by atoms with E-state index in [1.165, 1.54) is 23.3 Å². The first-order chi connectivity index (χ1) is 9.74. The first-order valence-electron chi connectivity index (χ1n) is 7.82. The summed E-state index contributed by atoms with van der Waals surface area (Å²) in [5.41, 5.74) is 2.27. The normalized spacial score (nSPS) is 24.2. The number of hydrogen-bond acceptors (Lipinski definition) is 3. The minimum atomic E-state index is 0. The fourth-order valence-corrected chi connectivity index (χ4v) is 4.56. The van der Waals surface area contributed by atoms with Crippen LogP contribution >= 0.6 is 23.7 Å². The second-order valence-electron chi connectivity index (χ2n) is 6.30. The van der Waals surface area contributed by atoms with Gasteiger partial charge in [0.05, 0.1) is 5.56 Å². The Morgan fingerprint density at radius 2 is 2.33 bits per heavy atom. The molecule has 1 aromatic rings. The molecule has 21 heavy (non-hydrogen) atoms. The third-order valence-corrected chi connectivity index (χ3v) is 5.70. The molecule has 2 unspecified atom stereocenters. The van der Waals surface area contributed by atoms with Crippen LogP contribution in [0.5, 0.6) is 0 Å². The molecule has 3 nitrogen and oxygen atoms in total. The zero-order chi connectivity index (χ0) is 13.9. The van der Waals surface area contributed by atoms with Crippen molar-refractivity contribution in [3.8, 4) is 0 Å². The van der Waals surface area contributed by atoms with Crippen molar-refractivity contribution >= 4 is 29.7 Å². The van der Waals surface area contributed by atoms with Gasteiger partial charge in [-0.2, -0.15) is 0 Å². The maximum atomic E-state index is 12.3. The van der Waals surface area contributed by atoms with E-state index in [-0.39, 0.29) is 18.3 Å². The van der Waals surface area contributed by atoms with Gasteiger partial charge in [0.1, 0.15) is 0 Å². The molecule has 1 aliphatic heterocycles. The Morgan fingerprint density at radius 1 is 1.48 bits per heavy atom. The minimum Gasteiger partial charge on any atom is -0.352 e. The number of nitrogens with one attached hydrogen (secondary N) is 2. The molecule has 1 fully saturated rings. The molecular formula is C16H25ClN2OS. The lowest BCUT2D eigenvalue weighted by atomic mass is 9.88. The largest absolute Gasteiger partial charge is 0.352 e. The Balaban J connectivity index is 0.00000161. The zero-order valence-electron chi connectivity index (χ0n) is 12.6. The molecule has 118 valence electrons. The lowest BCUT2D eigenvalue weighted by molar-refractivity contribution is 0.0951. The maximum absolute atomic E-state index is 12.3. The van der Waals surface area contributed by atoms with Gasteiger partial charge in [-0.15, -0.1) is 23.7 Å². The summed E-state index contributed by atoms with van der Waals surface area (Å²) in [6.45, 7) is 5.36. The summed E-state index contributed by atoms with van der Waals surface area (Å²) in [4.78, 5) is 13.8. The highest BCUT2D eigenvalue weighted by Crippen LogP contribution is 2.32. The number of hydrogen-bond donors (Lipinski definition) is 2. The van der Waals surface area contributed by atoms with Gasteiger partial charge in [0.25, 0.3) is 5.91 Å². The molecule has 2 aliphatic rings. The van der Waals surface area contributed by atoms with Crippen LogP contribution in [0, 0.1) is 11.8 Å². The molecule has 2 atom stereocenters. The fraction of sp³-hybridized carbons (Fsp3) is 0.688. The molecule has 1 aromatic heterocycles. The van der Waals surface area contributed by atoms with Gasteiger partial charge in [0, 0.05) is 16.8 Å². The van der Waals surface area contributed by atoms with Gasteiger partial charge < -0.3 is 10.6 Å². The number of amides is 1. The van der Waals surface area contributed by atoms with Crippen LogP contribution in [-0.4, -0.2) is 25.5 Å². The molecule has 5 heteroatoms. The summed E-state index contributed by atoms with van der Waals surface area (Å²) in [6.07, 6.45) is 5.80. The number of halogens is 1. The van der Waals surface area contributed by atoms with Crippen LogP contribution in [0.15, 0.2) is 5.38 Å². The Morgan fingerprint density at radius 3 is 3.10 bits per heavy atom. The van der Waals surface area contributed by atoms with Crippen molar-refractivity contribution in [1.29, 1.82) is 0 Å². The van der Waals surface area contributed by atoms with Crippen molar-refractivity contribution in [2.75, 3.05) is 19.6 Å². The zero-order valence-corrected chi connectivity index (χ0v) is 14.2. The molecule has 1 saturated heterocycles. The smallest absolute Gasteiger partial charge is 0.252 e. The van der Waals surface area contributed by atoms with Crippen molar-refractivity contribution in [2.24, 2.45) is 11.8 Å². The van der Waals surface area contributed by atoms with E-state index in [0.717, 1.165) is 56.3 Å². The van der Waals surface area contributed by atoms with Crippen molar-refractivity contribution in [1.82, 2.24) is 10.6 Å². The first kappa shape index (κ1) is 16.8. The molecule has 2 heterocycles. The van der Waals surface area contributed by atoms with E-state index in [0.29, 0.717) is 0 Å². The van der Waals surface area contributed by atoms with Gasteiger partial charge in [-0.25, -0.2) is 0 Å². The Labute approximate surface area is 137 Å². The van der Waals surface area contributed by atoms with E-state index in [1.54, 1.807) is 11.3 Å². The van der Waals surface area contributed by atoms with E-state index in [4.69, 9.17) is 0 Å². The molecule has 0 aromatic carbocycles. The van der Waals surface area contributed by atoms with Crippen LogP contribution in [0.2, 0.25) is 0 Å². The lowest BCUT2D eigenvalue weighted by Crippen LogP contribution is -2.27. The molecule has 1 aliphatic carbocycles. The van der Waals surface area contributed by atoms with Crippen LogP contribution in [0.1, 0.15) is 47.0 Å². The highest BCUT2D eigenvalue weighted by Gasteiger charge is 2.23. The van der Waals surface area contributed by atoms with Crippen LogP contribution in [0.25, 0.3) is 0 Å². The minimum absolute atomic E-state index is 0.